The first-order valence-corrected chi connectivity index (χ1v) is 3.81. The first-order chi connectivity index (χ1) is 5.52. The zero-order valence-corrected chi connectivity index (χ0v) is 7.03. The number of aliphatic hydroxyl groups excluding tert-OH is 1. The van der Waals surface area contributed by atoms with Crippen LogP contribution in [0.4, 0.5) is 0 Å². The lowest BCUT2D eigenvalue weighted by molar-refractivity contribution is -0.136. The van der Waals surface area contributed by atoms with Crippen LogP contribution in [0.2, 0.25) is 0 Å². The number of rotatable bonds is 2. The van der Waals surface area contributed by atoms with Gasteiger partial charge in [0.1, 0.15) is 0 Å². The van der Waals surface area contributed by atoms with E-state index in [1.807, 2.05) is 6.08 Å². The van der Waals surface area contributed by atoms with Crippen molar-refractivity contribution in [1.29, 1.82) is 0 Å². The maximum Gasteiger partial charge on any atom is 0.160 e. The predicted molar refractivity (Wildman–Crippen MR) is 45.7 cm³/mol. The minimum atomic E-state index is -1.05. The first-order valence-electron chi connectivity index (χ1n) is 3.81. The maximum absolute atomic E-state index is 8.95. The molecule has 4 nitrogen and oxygen atoms in total. The highest BCUT2D eigenvalue weighted by Gasteiger charge is 2.23. The third-order valence-corrected chi connectivity index (χ3v) is 1.52. The van der Waals surface area contributed by atoms with Crippen LogP contribution < -0.4 is 11.5 Å². The molecule has 5 N–H and O–H groups in total. The monoisotopic (exact) mass is 170 g/mol. The third-order valence-electron chi connectivity index (χ3n) is 1.52. The molecular formula is C8H14N2O2. The molecule has 0 aromatic carbocycles. The summed E-state index contributed by atoms with van der Waals surface area (Å²) < 4.78 is 5.04. The number of ether oxygens (including phenoxy) is 1. The highest BCUT2D eigenvalue weighted by atomic mass is 16.6. The minimum Gasteiger partial charge on any atom is -0.402 e. The van der Waals surface area contributed by atoms with Crippen LogP contribution in [0.25, 0.3) is 0 Å². The van der Waals surface area contributed by atoms with Gasteiger partial charge in [-0.1, -0.05) is 6.08 Å². The third kappa shape index (κ3) is 2.34. The van der Waals surface area contributed by atoms with Crippen molar-refractivity contribution in [3.05, 3.63) is 23.9 Å². The summed E-state index contributed by atoms with van der Waals surface area (Å²) in [6, 6.07) is 0. The normalized spacial score (nSPS) is 31.4. The Labute approximate surface area is 71.5 Å². The smallest absolute Gasteiger partial charge is 0.160 e. The highest BCUT2D eigenvalue weighted by molar-refractivity contribution is 5.23. The molecule has 0 amide bonds. The number of allylic oxidation sites excluding steroid dienone is 1. The van der Waals surface area contributed by atoms with Crippen LogP contribution in [0, 0.1) is 0 Å². The van der Waals surface area contributed by atoms with Crippen LogP contribution in [-0.4, -0.2) is 17.1 Å². The van der Waals surface area contributed by atoms with E-state index in [1.54, 1.807) is 12.2 Å². The molecule has 4 heteroatoms. The van der Waals surface area contributed by atoms with Crippen molar-refractivity contribution in [1.82, 2.24) is 0 Å². The lowest BCUT2D eigenvalue weighted by Gasteiger charge is -2.27. The fraction of sp³-hybridized carbons (Fsp3) is 0.500. The van der Waals surface area contributed by atoms with Crippen LogP contribution in [-0.2, 0) is 4.74 Å². The average molecular weight is 170 g/mol. The second kappa shape index (κ2) is 3.26. The van der Waals surface area contributed by atoms with Crippen LogP contribution >= 0.6 is 0 Å². The SMILES string of the molecule is CC(O)OC1(N)C=CCC(N)=C1. The highest BCUT2D eigenvalue weighted by Crippen LogP contribution is 2.17. The molecular weight excluding hydrogens is 156 g/mol. The summed E-state index contributed by atoms with van der Waals surface area (Å²) in [6.45, 7) is 1.50. The Kier molecular flexibility index (Phi) is 2.52. The van der Waals surface area contributed by atoms with Crippen LogP contribution in [0.15, 0.2) is 23.9 Å². The molecule has 0 saturated carbocycles. The second-order valence-electron chi connectivity index (χ2n) is 2.90. The van der Waals surface area contributed by atoms with Gasteiger partial charge in [-0.25, -0.2) is 0 Å². The number of aliphatic hydroxyl groups is 1. The first kappa shape index (κ1) is 9.25. The van der Waals surface area contributed by atoms with Crippen molar-refractivity contribution in [2.75, 3.05) is 0 Å². The van der Waals surface area contributed by atoms with Gasteiger partial charge in [-0.3, -0.25) is 5.73 Å². The standard InChI is InChI=1S/C8H14N2O2/c1-6(11)12-8(10)4-2-3-7(9)5-8/h2,4-6,11H,3,9-10H2,1H3. The largest absolute Gasteiger partial charge is 0.402 e. The molecule has 0 radical (unpaired) electrons. The molecule has 0 aromatic heterocycles. The molecule has 2 atom stereocenters. The van der Waals surface area contributed by atoms with Gasteiger partial charge in [-0.05, 0) is 19.1 Å². The minimum absolute atomic E-state index is 0.653. The lowest BCUT2D eigenvalue weighted by Crippen LogP contribution is -2.43. The molecule has 0 spiro atoms. The fourth-order valence-electron chi connectivity index (χ4n) is 1.14. The van der Waals surface area contributed by atoms with E-state index in [1.165, 1.54) is 6.92 Å². The van der Waals surface area contributed by atoms with Crippen molar-refractivity contribution in [2.24, 2.45) is 11.5 Å². The summed E-state index contributed by atoms with van der Waals surface area (Å²) in [6.07, 6.45) is 4.87. The summed E-state index contributed by atoms with van der Waals surface area (Å²) in [7, 11) is 0. The molecule has 0 aliphatic heterocycles. The fourth-order valence-corrected chi connectivity index (χ4v) is 1.14. The summed E-state index contributed by atoms with van der Waals surface area (Å²) >= 11 is 0. The summed E-state index contributed by atoms with van der Waals surface area (Å²) in [5.74, 6) is 0. The predicted octanol–water partition coefficient (Wildman–Crippen LogP) is -0.201. The summed E-state index contributed by atoms with van der Waals surface area (Å²) in [4.78, 5) is 0. The van der Waals surface area contributed by atoms with Gasteiger partial charge in [0.25, 0.3) is 0 Å². The molecule has 12 heavy (non-hydrogen) atoms. The van der Waals surface area contributed by atoms with Gasteiger partial charge in [-0.15, -0.1) is 0 Å². The van der Waals surface area contributed by atoms with Crippen molar-refractivity contribution in [3.8, 4) is 0 Å². The quantitative estimate of drug-likeness (QED) is 0.396. The molecule has 0 aromatic rings. The Morgan fingerprint density at radius 3 is 2.92 bits per heavy atom. The Balaban J connectivity index is 2.69. The summed E-state index contributed by atoms with van der Waals surface area (Å²) in [5.41, 5.74) is 10.9. The lowest BCUT2D eigenvalue weighted by atomic mass is 10.1. The van der Waals surface area contributed by atoms with Crippen LogP contribution in [0.3, 0.4) is 0 Å². The Hall–Kier alpha value is -0.840. The van der Waals surface area contributed by atoms with Gasteiger partial charge in [0.15, 0.2) is 12.0 Å². The van der Waals surface area contributed by atoms with E-state index in [-0.39, 0.29) is 0 Å². The van der Waals surface area contributed by atoms with Crippen molar-refractivity contribution < 1.29 is 9.84 Å². The number of nitrogens with two attached hydrogens (primary N) is 2. The van der Waals surface area contributed by atoms with Crippen LogP contribution in [0.5, 0.6) is 0 Å². The average Bonchev–Trinajstić information content (AvgIpc) is 1.82. The van der Waals surface area contributed by atoms with Gasteiger partial charge in [-0.2, -0.15) is 0 Å². The topological polar surface area (TPSA) is 81.5 Å². The molecule has 0 saturated heterocycles. The van der Waals surface area contributed by atoms with Crippen molar-refractivity contribution >= 4 is 0 Å². The van der Waals surface area contributed by atoms with Crippen molar-refractivity contribution in [2.45, 2.75) is 25.4 Å². The molecule has 1 aliphatic carbocycles. The van der Waals surface area contributed by atoms with E-state index in [2.05, 4.69) is 0 Å². The molecule has 68 valence electrons. The molecule has 0 heterocycles. The molecule has 0 bridgehead atoms. The number of hydrogen-bond acceptors (Lipinski definition) is 4. The maximum atomic E-state index is 8.95. The second-order valence-corrected chi connectivity index (χ2v) is 2.90. The zero-order valence-electron chi connectivity index (χ0n) is 7.03. The molecule has 1 aliphatic rings. The van der Waals surface area contributed by atoms with E-state index >= 15 is 0 Å². The van der Waals surface area contributed by atoms with Gasteiger partial charge in [0, 0.05) is 12.1 Å². The van der Waals surface area contributed by atoms with Gasteiger partial charge < -0.3 is 15.6 Å². The Bertz CT molecular complexity index is 223. The zero-order chi connectivity index (χ0) is 9.19. The Morgan fingerprint density at radius 1 is 1.75 bits per heavy atom. The van der Waals surface area contributed by atoms with Gasteiger partial charge >= 0.3 is 0 Å². The van der Waals surface area contributed by atoms with E-state index in [0.29, 0.717) is 12.1 Å². The van der Waals surface area contributed by atoms with Gasteiger partial charge in [0.05, 0.1) is 0 Å². The van der Waals surface area contributed by atoms with Gasteiger partial charge in [0.2, 0.25) is 0 Å². The summed E-state index contributed by atoms with van der Waals surface area (Å²) in [5, 5.41) is 8.95. The van der Waals surface area contributed by atoms with Crippen molar-refractivity contribution in [3.63, 3.8) is 0 Å². The number of hydrogen-bond donors (Lipinski definition) is 3. The molecule has 2 unspecified atom stereocenters. The van der Waals surface area contributed by atoms with E-state index in [9.17, 15) is 0 Å². The van der Waals surface area contributed by atoms with E-state index < -0.39 is 12.0 Å². The Morgan fingerprint density at radius 2 is 2.42 bits per heavy atom. The molecule has 1 rings (SSSR count). The van der Waals surface area contributed by atoms with Crippen LogP contribution in [0.1, 0.15) is 13.3 Å². The van der Waals surface area contributed by atoms with E-state index in [4.69, 9.17) is 21.3 Å². The van der Waals surface area contributed by atoms with E-state index in [0.717, 1.165) is 0 Å². The molecule has 0 fully saturated rings.